The molecule has 0 radical (unpaired) electrons. The van der Waals surface area contributed by atoms with Gasteiger partial charge in [0.15, 0.2) is 11.5 Å². The zero-order valence-corrected chi connectivity index (χ0v) is 22.0. The molecule has 0 unspecified atom stereocenters. The van der Waals surface area contributed by atoms with Gasteiger partial charge in [0, 0.05) is 12.1 Å². The van der Waals surface area contributed by atoms with E-state index in [1.165, 1.54) is 11.3 Å². The Morgan fingerprint density at radius 1 is 1.23 bits per heavy atom. The Balaban J connectivity index is 1.28. The molecule has 1 fully saturated rings. The number of likely N-dealkylation sites (tertiary alicyclic amines) is 1. The first-order valence-electron chi connectivity index (χ1n) is 11.7. The minimum absolute atomic E-state index is 0.307. The zero-order chi connectivity index (χ0) is 24.4. The van der Waals surface area contributed by atoms with Crippen LogP contribution in [-0.4, -0.2) is 51.5 Å². The van der Waals surface area contributed by atoms with Crippen molar-refractivity contribution in [1.82, 2.24) is 19.8 Å². The highest BCUT2D eigenvalue weighted by atomic mass is 35.5. The summed E-state index contributed by atoms with van der Waals surface area (Å²) in [5.41, 5.74) is 1.87. The van der Waals surface area contributed by atoms with Crippen molar-refractivity contribution < 1.29 is 14.1 Å². The lowest BCUT2D eigenvalue weighted by molar-refractivity contribution is 0.0347. The van der Waals surface area contributed by atoms with Gasteiger partial charge in [0.2, 0.25) is 0 Å². The average Bonchev–Trinajstić information content (AvgIpc) is 3.65. The summed E-state index contributed by atoms with van der Waals surface area (Å²) in [7, 11) is 0. The lowest BCUT2D eigenvalue weighted by Crippen LogP contribution is -2.39. The number of hydrogen-bond acceptors (Lipinski definition) is 8. The van der Waals surface area contributed by atoms with Gasteiger partial charge in [-0.2, -0.15) is 5.10 Å². The SMILES string of the molecule is CC(C)N1CCC(COC(=O)c2cc(-c3cccs3)n(Cc3cc(-c4ccc(Cl)s4)on3)n2)CC1. The molecule has 0 amide bonds. The van der Waals surface area contributed by atoms with Crippen LogP contribution in [0.1, 0.15) is 42.9 Å². The van der Waals surface area contributed by atoms with Gasteiger partial charge in [-0.25, -0.2) is 4.79 Å². The molecular formula is C25H27ClN4O3S2. The molecule has 1 aliphatic rings. The number of hydrogen-bond donors (Lipinski definition) is 0. The normalized spacial score (nSPS) is 15.2. The number of thiophene rings is 2. The Labute approximate surface area is 217 Å². The topological polar surface area (TPSA) is 73.4 Å². The minimum atomic E-state index is -0.387. The highest BCUT2D eigenvalue weighted by Gasteiger charge is 2.24. The molecule has 0 bridgehead atoms. The highest BCUT2D eigenvalue weighted by Crippen LogP contribution is 2.32. The summed E-state index contributed by atoms with van der Waals surface area (Å²) >= 11 is 9.08. The van der Waals surface area contributed by atoms with Crippen molar-refractivity contribution in [2.75, 3.05) is 19.7 Å². The molecule has 5 rings (SSSR count). The van der Waals surface area contributed by atoms with Crippen LogP contribution in [0.25, 0.3) is 21.2 Å². The Hall–Kier alpha value is -2.46. The van der Waals surface area contributed by atoms with Crippen molar-refractivity contribution in [2.45, 2.75) is 39.3 Å². The van der Waals surface area contributed by atoms with Gasteiger partial charge in [-0.3, -0.25) is 4.68 Å². The molecule has 0 spiro atoms. The van der Waals surface area contributed by atoms with E-state index in [0.29, 0.717) is 46.6 Å². The molecule has 0 aliphatic carbocycles. The molecule has 0 saturated carbocycles. The fraction of sp³-hybridized carbons (Fsp3) is 0.400. The predicted octanol–water partition coefficient (Wildman–Crippen LogP) is 6.31. The van der Waals surface area contributed by atoms with E-state index >= 15 is 0 Å². The second kappa shape index (κ2) is 10.7. The average molecular weight is 531 g/mol. The van der Waals surface area contributed by atoms with Crippen LogP contribution in [0.4, 0.5) is 0 Å². The van der Waals surface area contributed by atoms with Gasteiger partial charge in [0.25, 0.3) is 0 Å². The van der Waals surface area contributed by atoms with Gasteiger partial charge in [-0.15, -0.1) is 22.7 Å². The van der Waals surface area contributed by atoms with Crippen LogP contribution in [0, 0.1) is 5.92 Å². The lowest BCUT2D eigenvalue weighted by Gasteiger charge is -2.34. The first kappa shape index (κ1) is 24.2. The van der Waals surface area contributed by atoms with Gasteiger partial charge in [0.1, 0.15) is 5.69 Å². The van der Waals surface area contributed by atoms with Crippen LogP contribution in [-0.2, 0) is 11.3 Å². The minimum Gasteiger partial charge on any atom is -0.461 e. The third-order valence-corrected chi connectivity index (χ3v) is 8.42. The summed E-state index contributed by atoms with van der Waals surface area (Å²) in [6.45, 7) is 7.35. The molecule has 35 heavy (non-hydrogen) atoms. The number of rotatable bonds is 8. The van der Waals surface area contributed by atoms with E-state index < -0.39 is 0 Å². The zero-order valence-electron chi connectivity index (χ0n) is 19.6. The van der Waals surface area contributed by atoms with Crippen molar-refractivity contribution >= 4 is 40.2 Å². The maximum absolute atomic E-state index is 12.9. The van der Waals surface area contributed by atoms with Crippen molar-refractivity contribution in [3.63, 3.8) is 0 Å². The van der Waals surface area contributed by atoms with E-state index in [2.05, 4.69) is 29.0 Å². The Morgan fingerprint density at radius 2 is 2.06 bits per heavy atom. The quantitative estimate of drug-likeness (QED) is 0.249. The molecule has 0 atom stereocenters. The van der Waals surface area contributed by atoms with Crippen molar-refractivity contribution in [3.8, 4) is 21.2 Å². The molecule has 5 heterocycles. The maximum atomic E-state index is 12.9. The van der Waals surface area contributed by atoms with Crippen LogP contribution in [0.3, 0.4) is 0 Å². The summed E-state index contributed by atoms with van der Waals surface area (Å²) in [5, 5.41) is 10.8. The summed E-state index contributed by atoms with van der Waals surface area (Å²) in [5.74, 6) is 0.666. The first-order valence-corrected chi connectivity index (χ1v) is 13.8. The molecule has 4 aromatic rings. The fourth-order valence-corrected chi connectivity index (χ4v) is 6.00. The monoisotopic (exact) mass is 530 g/mol. The standard InChI is InChI=1S/C25H27ClN4O3S2/c1-16(2)29-9-7-17(8-10-29)15-32-25(31)19-13-20(22-4-3-11-34-22)30(27-19)14-18-12-21(33-28-18)23-5-6-24(26)35-23/h3-6,11-13,16-17H,7-10,14-15H2,1-2H3. The second-order valence-electron chi connectivity index (χ2n) is 9.01. The Bertz CT molecular complexity index is 1270. The summed E-state index contributed by atoms with van der Waals surface area (Å²) in [6.07, 6.45) is 2.09. The van der Waals surface area contributed by atoms with Crippen molar-refractivity contribution in [1.29, 1.82) is 0 Å². The number of nitrogens with zero attached hydrogens (tertiary/aromatic N) is 4. The number of carbonyl (C=O) groups excluding carboxylic acids is 1. The van der Waals surface area contributed by atoms with E-state index in [9.17, 15) is 4.79 Å². The van der Waals surface area contributed by atoms with Gasteiger partial charge < -0.3 is 14.2 Å². The van der Waals surface area contributed by atoms with Crippen LogP contribution in [0.2, 0.25) is 4.34 Å². The van der Waals surface area contributed by atoms with Crippen molar-refractivity contribution in [3.05, 3.63) is 57.5 Å². The first-order chi connectivity index (χ1) is 17.0. The summed E-state index contributed by atoms with van der Waals surface area (Å²) < 4.78 is 13.7. The molecule has 0 aromatic carbocycles. The van der Waals surface area contributed by atoms with Crippen LogP contribution < -0.4 is 0 Å². The van der Waals surface area contributed by atoms with E-state index in [0.717, 1.165) is 41.4 Å². The molecule has 7 nitrogen and oxygen atoms in total. The summed E-state index contributed by atoms with van der Waals surface area (Å²) in [6, 6.07) is 12.0. The molecule has 10 heteroatoms. The molecule has 0 N–H and O–H groups in total. The van der Waals surface area contributed by atoms with E-state index in [1.807, 2.05) is 35.7 Å². The second-order valence-corrected chi connectivity index (χ2v) is 11.7. The van der Waals surface area contributed by atoms with Gasteiger partial charge in [-0.1, -0.05) is 22.8 Å². The number of ether oxygens (including phenoxy) is 1. The number of carbonyl (C=O) groups is 1. The number of piperidine rings is 1. The third-order valence-electron chi connectivity index (χ3n) is 6.28. The Kier molecular flexibility index (Phi) is 7.38. The van der Waals surface area contributed by atoms with Gasteiger partial charge in [0.05, 0.1) is 32.9 Å². The lowest BCUT2D eigenvalue weighted by atomic mass is 9.97. The summed E-state index contributed by atoms with van der Waals surface area (Å²) in [4.78, 5) is 17.3. The number of aromatic nitrogens is 3. The number of esters is 1. The Morgan fingerprint density at radius 3 is 2.74 bits per heavy atom. The molecular weight excluding hydrogens is 504 g/mol. The van der Waals surface area contributed by atoms with Gasteiger partial charge >= 0.3 is 5.97 Å². The van der Waals surface area contributed by atoms with Crippen molar-refractivity contribution in [2.24, 2.45) is 5.92 Å². The number of halogens is 1. The van der Waals surface area contributed by atoms with Crippen LogP contribution in [0.5, 0.6) is 0 Å². The predicted molar refractivity (Wildman–Crippen MR) is 139 cm³/mol. The fourth-order valence-electron chi connectivity index (χ4n) is 4.27. The highest BCUT2D eigenvalue weighted by molar-refractivity contribution is 7.19. The molecule has 1 saturated heterocycles. The maximum Gasteiger partial charge on any atom is 0.358 e. The molecule has 1 aliphatic heterocycles. The van der Waals surface area contributed by atoms with E-state index in [4.69, 9.17) is 20.9 Å². The largest absolute Gasteiger partial charge is 0.461 e. The van der Waals surface area contributed by atoms with Crippen LogP contribution in [0.15, 0.2) is 46.3 Å². The van der Waals surface area contributed by atoms with E-state index in [-0.39, 0.29) is 5.97 Å². The third kappa shape index (κ3) is 5.69. The molecule has 184 valence electrons. The van der Waals surface area contributed by atoms with Gasteiger partial charge in [-0.05, 0) is 75.3 Å². The molecule has 4 aromatic heterocycles. The van der Waals surface area contributed by atoms with E-state index in [1.54, 1.807) is 22.1 Å². The smallest absolute Gasteiger partial charge is 0.358 e. The van der Waals surface area contributed by atoms with Crippen LogP contribution >= 0.6 is 34.3 Å².